The number of aryl methyl sites for hydroxylation is 1. The van der Waals surface area contributed by atoms with Crippen molar-refractivity contribution in [1.29, 1.82) is 0 Å². The third kappa shape index (κ3) is 4.09. The van der Waals surface area contributed by atoms with Gasteiger partial charge in [-0.25, -0.2) is 9.37 Å². The number of hydrogen-bond donors (Lipinski definition) is 2. The number of nitrogens with one attached hydrogen (secondary N) is 2. The molecule has 0 fully saturated rings. The van der Waals surface area contributed by atoms with Crippen LogP contribution in [0.1, 0.15) is 27.8 Å². The van der Waals surface area contributed by atoms with Gasteiger partial charge in [0.2, 0.25) is 12.7 Å². The van der Waals surface area contributed by atoms with Crippen molar-refractivity contribution in [3.63, 3.8) is 0 Å². The zero-order valence-corrected chi connectivity index (χ0v) is 16.1. The highest BCUT2D eigenvalue weighted by Gasteiger charge is 2.22. The van der Waals surface area contributed by atoms with E-state index in [-0.39, 0.29) is 19.2 Å². The molecule has 4 rings (SSSR count). The van der Waals surface area contributed by atoms with E-state index in [2.05, 4.69) is 15.6 Å². The van der Waals surface area contributed by atoms with Crippen LogP contribution in [0.15, 0.2) is 54.9 Å². The number of halogens is 1. The number of carbonyl (C=O) groups is 2. The van der Waals surface area contributed by atoms with Gasteiger partial charge in [0.05, 0.1) is 6.54 Å². The monoisotopic (exact) mass is 410 g/mol. The van der Waals surface area contributed by atoms with Gasteiger partial charge in [0, 0.05) is 25.0 Å². The van der Waals surface area contributed by atoms with Crippen molar-refractivity contribution in [3.05, 3.63) is 77.6 Å². The summed E-state index contributed by atoms with van der Waals surface area (Å²) in [6, 6.07) is 10.0. The Hall–Kier alpha value is -3.88. The quantitative estimate of drug-likeness (QED) is 0.648. The molecule has 0 unspecified atom stereocenters. The lowest BCUT2D eigenvalue weighted by atomic mass is 10.1. The van der Waals surface area contributed by atoms with E-state index in [0.717, 1.165) is 0 Å². The number of nitrogens with zero attached hydrogens (tertiary/aromatic N) is 2. The molecule has 2 aromatic carbocycles. The SMILES string of the molecule is Cn1ccnc1[C@@H](NC(=O)CNC(=O)c1ccc2c(c1)OCO2)c1ccc(F)cc1. The minimum absolute atomic E-state index is 0.112. The summed E-state index contributed by atoms with van der Waals surface area (Å²) >= 11 is 0. The van der Waals surface area contributed by atoms with Crippen LogP contribution in [0.5, 0.6) is 11.5 Å². The number of amides is 2. The van der Waals surface area contributed by atoms with Crippen LogP contribution in [0.3, 0.4) is 0 Å². The van der Waals surface area contributed by atoms with E-state index in [4.69, 9.17) is 9.47 Å². The molecule has 0 radical (unpaired) electrons. The maximum absolute atomic E-state index is 13.3. The molecule has 2 amide bonds. The summed E-state index contributed by atoms with van der Waals surface area (Å²) in [5.41, 5.74) is 1.02. The molecule has 0 bridgehead atoms. The predicted octanol–water partition coefficient (Wildman–Crippen LogP) is 1.92. The fourth-order valence-electron chi connectivity index (χ4n) is 3.12. The molecule has 1 aliphatic heterocycles. The van der Waals surface area contributed by atoms with Crippen LogP contribution in [-0.2, 0) is 11.8 Å². The summed E-state index contributed by atoms with van der Waals surface area (Å²) in [5, 5.41) is 5.42. The first-order valence-electron chi connectivity index (χ1n) is 9.21. The zero-order valence-electron chi connectivity index (χ0n) is 16.1. The van der Waals surface area contributed by atoms with Crippen LogP contribution in [0, 0.1) is 5.82 Å². The number of imidazole rings is 1. The van der Waals surface area contributed by atoms with Gasteiger partial charge in [0.1, 0.15) is 17.7 Å². The third-order valence-corrected chi connectivity index (χ3v) is 4.67. The predicted molar refractivity (Wildman–Crippen MR) is 104 cm³/mol. The molecule has 1 aliphatic rings. The Kier molecular flexibility index (Phi) is 5.34. The molecule has 2 N–H and O–H groups in total. The zero-order chi connectivity index (χ0) is 21.1. The molecule has 1 atom stereocenters. The lowest BCUT2D eigenvalue weighted by molar-refractivity contribution is -0.120. The number of hydrogen-bond acceptors (Lipinski definition) is 5. The average molecular weight is 410 g/mol. The van der Waals surface area contributed by atoms with Crippen molar-refractivity contribution in [1.82, 2.24) is 20.2 Å². The van der Waals surface area contributed by atoms with E-state index in [1.54, 1.807) is 54.3 Å². The topological polar surface area (TPSA) is 94.5 Å². The molecule has 0 saturated carbocycles. The van der Waals surface area contributed by atoms with Gasteiger partial charge in [0.15, 0.2) is 11.5 Å². The number of benzene rings is 2. The molecular formula is C21H19FN4O4. The first kappa shape index (κ1) is 19.4. The lowest BCUT2D eigenvalue weighted by Gasteiger charge is -2.19. The lowest BCUT2D eigenvalue weighted by Crippen LogP contribution is -2.39. The molecule has 1 aromatic heterocycles. The van der Waals surface area contributed by atoms with E-state index in [0.29, 0.717) is 28.5 Å². The van der Waals surface area contributed by atoms with Gasteiger partial charge in [-0.1, -0.05) is 12.1 Å². The second kappa shape index (κ2) is 8.24. The maximum atomic E-state index is 13.3. The van der Waals surface area contributed by atoms with Crippen LogP contribution in [0.25, 0.3) is 0 Å². The summed E-state index contributed by atoms with van der Waals surface area (Å²) < 4.78 is 25.6. The summed E-state index contributed by atoms with van der Waals surface area (Å²) in [7, 11) is 1.80. The standard InChI is InChI=1S/C21H19FN4O4/c1-26-9-8-23-20(26)19(13-2-5-15(22)6-3-13)25-18(27)11-24-21(28)14-4-7-16-17(10-14)30-12-29-16/h2-10,19H,11-12H2,1H3,(H,24,28)(H,25,27)/t19-/m0/s1. The second-order valence-electron chi connectivity index (χ2n) is 6.70. The van der Waals surface area contributed by atoms with Crippen molar-refractivity contribution in [2.45, 2.75) is 6.04 Å². The van der Waals surface area contributed by atoms with Gasteiger partial charge in [-0.2, -0.15) is 0 Å². The van der Waals surface area contributed by atoms with Gasteiger partial charge < -0.3 is 24.7 Å². The van der Waals surface area contributed by atoms with Gasteiger partial charge >= 0.3 is 0 Å². The molecule has 0 aliphatic carbocycles. The highest BCUT2D eigenvalue weighted by Crippen LogP contribution is 2.32. The van der Waals surface area contributed by atoms with E-state index in [1.807, 2.05) is 0 Å². The van der Waals surface area contributed by atoms with Crippen LogP contribution >= 0.6 is 0 Å². The van der Waals surface area contributed by atoms with Crippen molar-refractivity contribution in [3.8, 4) is 11.5 Å². The Balaban J connectivity index is 1.43. The Bertz CT molecular complexity index is 1080. The highest BCUT2D eigenvalue weighted by atomic mass is 19.1. The summed E-state index contributed by atoms with van der Waals surface area (Å²) in [6.45, 7) is -0.129. The molecule has 3 aromatic rings. The molecule has 154 valence electrons. The molecule has 0 spiro atoms. The molecule has 8 nitrogen and oxygen atoms in total. The van der Waals surface area contributed by atoms with Crippen LogP contribution < -0.4 is 20.1 Å². The first-order chi connectivity index (χ1) is 14.5. The number of fused-ring (bicyclic) bond motifs is 1. The Morgan fingerprint density at radius 1 is 1.17 bits per heavy atom. The summed E-state index contributed by atoms with van der Waals surface area (Å²) in [5.74, 6) is 0.427. The van der Waals surface area contributed by atoms with Gasteiger partial charge in [-0.3, -0.25) is 9.59 Å². The second-order valence-corrected chi connectivity index (χ2v) is 6.70. The number of ether oxygens (including phenoxy) is 2. The number of aromatic nitrogens is 2. The minimum atomic E-state index is -0.597. The first-order valence-corrected chi connectivity index (χ1v) is 9.21. The van der Waals surface area contributed by atoms with Gasteiger partial charge in [-0.05, 0) is 35.9 Å². The summed E-state index contributed by atoms with van der Waals surface area (Å²) in [6.07, 6.45) is 3.36. The van der Waals surface area contributed by atoms with Crippen LogP contribution in [0.4, 0.5) is 4.39 Å². The van der Waals surface area contributed by atoms with E-state index in [1.165, 1.54) is 12.1 Å². The highest BCUT2D eigenvalue weighted by molar-refractivity contribution is 5.97. The van der Waals surface area contributed by atoms with Gasteiger partial charge in [0.25, 0.3) is 5.91 Å². The van der Waals surface area contributed by atoms with Crippen LogP contribution in [-0.4, -0.2) is 34.7 Å². The van der Waals surface area contributed by atoms with Crippen molar-refractivity contribution in [2.24, 2.45) is 7.05 Å². The number of carbonyl (C=O) groups excluding carboxylic acids is 2. The molecule has 0 saturated heterocycles. The van der Waals surface area contributed by atoms with Crippen molar-refractivity contribution < 1.29 is 23.5 Å². The van der Waals surface area contributed by atoms with Gasteiger partial charge in [-0.15, -0.1) is 0 Å². The minimum Gasteiger partial charge on any atom is -0.454 e. The Morgan fingerprint density at radius 3 is 2.67 bits per heavy atom. The Labute approximate surface area is 171 Å². The average Bonchev–Trinajstić information content (AvgIpc) is 3.39. The number of rotatable bonds is 6. The van der Waals surface area contributed by atoms with E-state index >= 15 is 0 Å². The molecule has 2 heterocycles. The molecule has 9 heteroatoms. The molecular weight excluding hydrogens is 391 g/mol. The maximum Gasteiger partial charge on any atom is 0.251 e. The molecule has 30 heavy (non-hydrogen) atoms. The smallest absolute Gasteiger partial charge is 0.251 e. The third-order valence-electron chi connectivity index (χ3n) is 4.67. The van der Waals surface area contributed by atoms with Crippen molar-refractivity contribution in [2.75, 3.05) is 13.3 Å². The van der Waals surface area contributed by atoms with E-state index < -0.39 is 17.9 Å². The Morgan fingerprint density at radius 2 is 1.93 bits per heavy atom. The normalized spacial score (nSPS) is 13.0. The largest absolute Gasteiger partial charge is 0.454 e. The van der Waals surface area contributed by atoms with E-state index in [9.17, 15) is 14.0 Å². The summed E-state index contributed by atoms with van der Waals surface area (Å²) in [4.78, 5) is 29.2. The fraction of sp³-hybridized carbons (Fsp3) is 0.190. The van der Waals surface area contributed by atoms with Crippen LogP contribution in [0.2, 0.25) is 0 Å². The van der Waals surface area contributed by atoms with Crippen molar-refractivity contribution >= 4 is 11.8 Å². The fourth-order valence-corrected chi connectivity index (χ4v) is 3.12.